The number of likely N-dealkylation sites (N-methyl/N-ethyl adjacent to an activating group) is 1. The maximum Gasteiger partial charge on any atom is 0.276 e. The van der Waals surface area contributed by atoms with E-state index >= 15 is 0 Å². The molecular weight excluding hydrogens is 318 g/mol. The molecule has 1 aromatic heterocycles. The Balaban J connectivity index is 1.67. The van der Waals surface area contributed by atoms with E-state index in [1.165, 1.54) is 0 Å². The molecule has 0 unspecified atom stereocenters. The Morgan fingerprint density at radius 2 is 2.14 bits per heavy atom. The zero-order valence-corrected chi connectivity index (χ0v) is 14.2. The van der Waals surface area contributed by atoms with Crippen molar-refractivity contribution >= 4 is 40.7 Å². The molecule has 2 aliphatic heterocycles. The van der Waals surface area contributed by atoms with Gasteiger partial charge in [0.15, 0.2) is 5.11 Å². The molecule has 118 valence electrons. The van der Waals surface area contributed by atoms with Gasteiger partial charge in [-0.2, -0.15) is 0 Å². The highest BCUT2D eigenvalue weighted by molar-refractivity contribution is 7.80. The molecule has 1 amide bonds. The molecule has 0 N–H and O–H groups in total. The number of thiocarbonyl (C=S) groups is 1. The quantitative estimate of drug-likeness (QED) is 0.614. The number of hydrogen-bond acceptors (Lipinski definition) is 5. The lowest BCUT2D eigenvalue weighted by molar-refractivity contribution is -0.122. The number of thiophene rings is 1. The lowest BCUT2D eigenvalue weighted by atomic mass is 10.3. The van der Waals surface area contributed by atoms with Crippen molar-refractivity contribution in [3.8, 4) is 0 Å². The summed E-state index contributed by atoms with van der Waals surface area (Å²) in [6.45, 7) is 4.83. The van der Waals surface area contributed by atoms with Gasteiger partial charge in [-0.3, -0.25) is 14.6 Å². The predicted octanol–water partition coefficient (Wildman–Crippen LogP) is 1.48. The van der Waals surface area contributed by atoms with Crippen LogP contribution in [0.3, 0.4) is 0 Å². The lowest BCUT2D eigenvalue weighted by Crippen LogP contribution is -2.43. The minimum absolute atomic E-state index is 0.00541. The van der Waals surface area contributed by atoms with Crippen LogP contribution in [-0.4, -0.2) is 72.2 Å². The Kier molecular flexibility index (Phi) is 4.87. The fourth-order valence-corrected chi connectivity index (χ4v) is 3.51. The molecule has 0 spiro atoms. The second kappa shape index (κ2) is 6.87. The van der Waals surface area contributed by atoms with Gasteiger partial charge in [-0.25, -0.2) is 0 Å². The second-order valence-corrected chi connectivity index (χ2v) is 6.64. The summed E-state index contributed by atoms with van der Waals surface area (Å²) in [5.41, 5.74) is 0.648. The van der Waals surface area contributed by atoms with Crippen LogP contribution in [-0.2, 0) is 9.53 Å². The highest BCUT2D eigenvalue weighted by atomic mass is 32.1. The summed E-state index contributed by atoms with van der Waals surface area (Å²) >= 11 is 7.04. The van der Waals surface area contributed by atoms with Gasteiger partial charge in [0.05, 0.1) is 13.2 Å². The molecule has 0 radical (unpaired) electrons. The third-order valence-electron chi connectivity index (χ3n) is 3.91. The van der Waals surface area contributed by atoms with Crippen molar-refractivity contribution in [1.82, 2.24) is 14.7 Å². The first kappa shape index (κ1) is 15.6. The number of carbonyl (C=O) groups excluding carboxylic acids is 1. The minimum Gasteiger partial charge on any atom is -0.379 e. The van der Waals surface area contributed by atoms with Crippen LogP contribution in [0.15, 0.2) is 23.2 Å². The summed E-state index contributed by atoms with van der Waals surface area (Å²) in [7, 11) is 1.86. The van der Waals surface area contributed by atoms with Gasteiger partial charge in [-0.15, -0.1) is 11.3 Å². The Morgan fingerprint density at radius 1 is 1.36 bits per heavy atom. The Hall–Kier alpha value is -1.28. The maximum absolute atomic E-state index is 12.6. The van der Waals surface area contributed by atoms with E-state index in [2.05, 4.69) is 4.90 Å². The molecule has 7 heteroatoms. The molecule has 3 rings (SSSR count). The molecular formula is C15H19N3O2S2. The summed E-state index contributed by atoms with van der Waals surface area (Å²) in [4.78, 5) is 19.5. The Bertz CT molecular complexity index is 580. The zero-order chi connectivity index (χ0) is 15.5. The number of ether oxygens (including phenoxy) is 1. The number of morpholine rings is 1. The predicted molar refractivity (Wildman–Crippen MR) is 91.6 cm³/mol. The van der Waals surface area contributed by atoms with E-state index in [0.717, 1.165) is 37.7 Å². The average Bonchev–Trinajstić information content (AvgIpc) is 3.11. The van der Waals surface area contributed by atoms with Crippen molar-refractivity contribution in [2.45, 2.75) is 0 Å². The Morgan fingerprint density at radius 3 is 2.82 bits per heavy atom. The first-order valence-electron chi connectivity index (χ1n) is 7.31. The molecule has 0 aliphatic carbocycles. The van der Waals surface area contributed by atoms with E-state index in [0.29, 0.717) is 17.4 Å². The van der Waals surface area contributed by atoms with E-state index in [1.54, 1.807) is 21.1 Å². The van der Waals surface area contributed by atoms with Crippen LogP contribution in [0.2, 0.25) is 0 Å². The van der Waals surface area contributed by atoms with Crippen molar-refractivity contribution in [1.29, 1.82) is 0 Å². The van der Waals surface area contributed by atoms with Crippen molar-refractivity contribution in [3.05, 3.63) is 28.1 Å². The molecule has 5 nitrogen and oxygen atoms in total. The normalized spacial score (nSPS) is 22.1. The van der Waals surface area contributed by atoms with Crippen LogP contribution < -0.4 is 0 Å². The SMILES string of the molecule is CN1C(=S)N(CCN2CCOCC2)C(=O)/C1=C/c1cccs1. The molecule has 2 fully saturated rings. The topological polar surface area (TPSA) is 36.0 Å². The monoisotopic (exact) mass is 337 g/mol. The molecule has 22 heavy (non-hydrogen) atoms. The van der Waals surface area contributed by atoms with Gasteiger partial charge in [0.2, 0.25) is 0 Å². The summed E-state index contributed by atoms with van der Waals surface area (Å²) in [6, 6.07) is 3.98. The van der Waals surface area contributed by atoms with Crippen LogP contribution in [0.1, 0.15) is 4.88 Å². The molecule has 0 aromatic carbocycles. The third kappa shape index (κ3) is 3.22. The molecule has 2 aliphatic rings. The van der Waals surface area contributed by atoms with Gasteiger partial charge in [0.1, 0.15) is 5.70 Å². The van der Waals surface area contributed by atoms with E-state index in [1.807, 2.05) is 30.6 Å². The second-order valence-electron chi connectivity index (χ2n) is 5.30. The largest absolute Gasteiger partial charge is 0.379 e. The molecule has 0 atom stereocenters. The fourth-order valence-electron chi connectivity index (χ4n) is 2.58. The van der Waals surface area contributed by atoms with Crippen molar-refractivity contribution in [2.24, 2.45) is 0 Å². The van der Waals surface area contributed by atoms with Gasteiger partial charge in [0, 0.05) is 38.1 Å². The van der Waals surface area contributed by atoms with Crippen molar-refractivity contribution in [3.63, 3.8) is 0 Å². The van der Waals surface area contributed by atoms with E-state index in [-0.39, 0.29) is 5.91 Å². The standard InChI is InChI=1S/C15H19N3O2S2/c1-16-13(11-12-3-2-10-22-12)14(19)18(15(16)21)5-4-17-6-8-20-9-7-17/h2-3,10-11H,4-9H2,1H3/b13-11-. The van der Waals surface area contributed by atoms with Crippen LogP contribution >= 0.6 is 23.6 Å². The number of amides is 1. The summed E-state index contributed by atoms with van der Waals surface area (Å²) in [5, 5.41) is 2.58. The van der Waals surface area contributed by atoms with E-state index in [4.69, 9.17) is 17.0 Å². The van der Waals surface area contributed by atoms with Crippen LogP contribution in [0, 0.1) is 0 Å². The molecule has 0 saturated carbocycles. The minimum atomic E-state index is -0.00541. The number of rotatable bonds is 4. The smallest absolute Gasteiger partial charge is 0.276 e. The summed E-state index contributed by atoms with van der Waals surface area (Å²) < 4.78 is 5.34. The van der Waals surface area contributed by atoms with Crippen molar-refractivity contribution in [2.75, 3.05) is 46.4 Å². The molecule has 0 bridgehead atoms. The van der Waals surface area contributed by atoms with Crippen LogP contribution in [0.25, 0.3) is 6.08 Å². The maximum atomic E-state index is 12.6. The molecule has 1 aromatic rings. The summed E-state index contributed by atoms with van der Waals surface area (Å²) in [5.74, 6) is -0.00541. The number of carbonyl (C=O) groups is 1. The van der Waals surface area contributed by atoms with Gasteiger partial charge in [-0.05, 0) is 29.7 Å². The lowest BCUT2D eigenvalue weighted by Gasteiger charge is -2.28. The van der Waals surface area contributed by atoms with Gasteiger partial charge in [0.25, 0.3) is 5.91 Å². The first-order chi connectivity index (χ1) is 10.7. The highest BCUT2D eigenvalue weighted by Gasteiger charge is 2.35. The van der Waals surface area contributed by atoms with E-state index in [9.17, 15) is 4.79 Å². The molecule has 3 heterocycles. The van der Waals surface area contributed by atoms with Crippen LogP contribution in [0.5, 0.6) is 0 Å². The van der Waals surface area contributed by atoms with Gasteiger partial charge < -0.3 is 9.64 Å². The fraction of sp³-hybridized carbons (Fsp3) is 0.467. The highest BCUT2D eigenvalue weighted by Crippen LogP contribution is 2.23. The zero-order valence-electron chi connectivity index (χ0n) is 12.5. The number of nitrogens with zero attached hydrogens (tertiary/aromatic N) is 3. The average molecular weight is 337 g/mol. The summed E-state index contributed by atoms with van der Waals surface area (Å²) in [6.07, 6.45) is 1.91. The first-order valence-corrected chi connectivity index (χ1v) is 8.60. The Labute approximate surface area is 139 Å². The van der Waals surface area contributed by atoms with E-state index < -0.39 is 0 Å². The van der Waals surface area contributed by atoms with Gasteiger partial charge in [-0.1, -0.05) is 6.07 Å². The number of hydrogen-bond donors (Lipinski definition) is 0. The third-order valence-corrected chi connectivity index (χ3v) is 5.22. The van der Waals surface area contributed by atoms with Gasteiger partial charge >= 0.3 is 0 Å². The van der Waals surface area contributed by atoms with Crippen LogP contribution in [0.4, 0.5) is 0 Å². The molecule has 2 saturated heterocycles. The van der Waals surface area contributed by atoms with Crippen molar-refractivity contribution < 1.29 is 9.53 Å².